The van der Waals surface area contributed by atoms with E-state index in [1.807, 2.05) is 18.2 Å². The number of para-hydroxylation sites is 2. The monoisotopic (exact) mass is 428 g/mol. The fourth-order valence-electron chi connectivity index (χ4n) is 6.14. The van der Waals surface area contributed by atoms with Crippen LogP contribution in [-0.2, 0) is 9.59 Å². The van der Waals surface area contributed by atoms with Gasteiger partial charge in [-0.05, 0) is 54.4 Å². The Bertz CT molecular complexity index is 1110. The van der Waals surface area contributed by atoms with Crippen molar-refractivity contribution in [2.45, 2.75) is 6.42 Å². The van der Waals surface area contributed by atoms with Crippen LogP contribution in [0.5, 0.6) is 5.75 Å². The van der Waals surface area contributed by atoms with Crippen molar-refractivity contribution in [2.75, 3.05) is 18.7 Å². The number of hydrogen-bond donors (Lipinski definition) is 0. The molecule has 6 atom stereocenters. The number of methoxy groups -OCH3 is 1. The number of hydrogen-bond acceptors (Lipinski definition) is 4. The van der Waals surface area contributed by atoms with Crippen molar-refractivity contribution < 1.29 is 19.1 Å². The minimum Gasteiger partial charge on any atom is -0.495 e. The van der Waals surface area contributed by atoms with E-state index >= 15 is 0 Å². The molecule has 162 valence electrons. The average molecular weight is 428 g/mol. The molecule has 6 heteroatoms. The number of imide groups is 1. The molecule has 0 unspecified atom stereocenters. The van der Waals surface area contributed by atoms with Gasteiger partial charge in [-0.2, -0.15) is 0 Å². The molecular weight excluding hydrogens is 404 g/mol. The SMILES string of the molecule is COc1ccccc1N(CN1C(=O)[C@@H]2[C@H]3C=C[C@@H]([C@@H]4C[C@H]34)[C@@H]2C1=O)C(=O)c1ccccc1. The first-order valence-electron chi connectivity index (χ1n) is 11.1. The molecule has 1 saturated heterocycles. The van der Waals surface area contributed by atoms with Gasteiger partial charge in [0.1, 0.15) is 12.4 Å². The molecular formula is C26H24N2O4. The molecule has 1 aliphatic heterocycles. The largest absolute Gasteiger partial charge is 0.495 e. The van der Waals surface area contributed by atoms with Crippen molar-refractivity contribution in [3.05, 3.63) is 72.3 Å². The van der Waals surface area contributed by atoms with Gasteiger partial charge < -0.3 is 4.74 Å². The molecule has 7 rings (SSSR count). The summed E-state index contributed by atoms with van der Waals surface area (Å²) >= 11 is 0. The van der Waals surface area contributed by atoms with Crippen LogP contribution in [0, 0.1) is 35.5 Å². The molecule has 2 saturated carbocycles. The second-order valence-electron chi connectivity index (χ2n) is 9.17. The predicted molar refractivity (Wildman–Crippen MR) is 118 cm³/mol. The molecule has 0 aromatic heterocycles. The summed E-state index contributed by atoms with van der Waals surface area (Å²) in [6.07, 6.45) is 5.43. The Morgan fingerprint density at radius 1 is 0.938 bits per heavy atom. The van der Waals surface area contributed by atoms with Gasteiger partial charge >= 0.3 is 0 Å². The first kappa shape index (κ1) is 19.3. The standard InChI is InChI=1S/C26H24N2O4/c1-32-21-10-6-5-9-20(21)27(24(29)15-7-3-2-4-8-15)14-28-25(30)22-16-11-12-17(19-13-18(16)19)23(22)26(28)31/h2-12,16-19,22-23H,13-14H2,1H3/t16-,17-,18-,19+,22-,23+/m0/s1. The third-order valence-corrected chi connectivity index (χ3v) is 7.68. The predicted octanol–water partition coefficient (Wildman–Crippen LogP) is 3.35. The van der Waals surface area contributed by atoms with Crippen molar-refractivity contribution in [2.24, 2.45) is 35.5 Å². The Kier molecular flexibility index (Phi) is 4.25. The van der Waals surface area contributed by atoms with Gasteiger partial charge in [0, 0.05) is 5.56 Å². The molecule has 6 nitrogen and oxygen atoms in total. The fourth-order valence-corrected chi connectivity index (χ4v) is 6.14. The number of ether oxygens (including phenoxy) is 1. The quantitative estimate of drug-likeness (QED) is 0.541. The van der Waals surface area contributed by atoms with Gasteiger partial charge in [-0.1, -0.05) is 42.5 Å². The van der Waals surface area contributed by atoms with E-state index in [2.05, 4.69) is 12.2 Å². The summed E-state index contributed by atoms with van der Waals surface area (Å²) in [6, 6.07) is 16.1. The van der Waals surface area contributed by atoms with Crippen LogP contribution < -0.4 is 9.64 Å². The summed E-state index contributed by atoms with van der Waals surface area (Å²) in [5, 5.41) is 0. The van der Waals surface area contributed by atoms with Crippen molar-refractivity contribution in [3.8, 4) is 5.75 Å². The zero-order valence-electron chi connectivity index (χ0n) is 17.8. The number of likely N-dealkylation sites (tertiary alicyclic amines) is 1. The lowest BCUT2D eigenvalue weighted by molar-refractivity contribution is -0.140. The molecule has 2 aromatic carbocycles. The highest BCUT2D eigenvalue weighted by atomic mass is 16.5. The second-order valence-corrected chi connectivity index (χ2v) is 9.17. The third-order valence-electron chi connectivity index (χ3n) is 7.68. The van der Waals surface area contributed by atoms with Gasteiger partial charge in [0.15, 0.2) is 0 Å². The third kappa shape index (κ3) is 2.68. The van der Waals surface area contributed by atoms with E-state index in [9.17, 15) is 14.4 Å². The summed E-state index contributed by atoms with van der Waals surface area (Å²) in [5.74, 6) is 0.752. The molecule has 3 amide bonds. The highest BCUT2D eigenvalue weighted by molar-refractivity contribution is 6.10. The van der Waals surface area contributed by atoms with Gasteiger partial charge in [0.2, 0.25) is 11.8 Å². The van der Waals surface area contributed by atoms with Crippen LogP contribution >= 0.6 is 0 Å². The highest BCUT2D eigenvalue weighted by Crippen LogP contribution is 2.65. The van der Waals surface area contributed by atoms with Crippen LogP contribution in [0.15, 0.2) is 66.7 Å². The van der Waals surface area contributed by atoms with E-state index in [1.165, 1.54) is 9.80 Å². The molecule has 3 fully saturated rings. The maximum atomic E-state index is 13.5. The van der Waals surface area contributed by atoms with Crippen molar-refractivity contribution in [3.63, 3.8) is 0 Å². The van der Waals surface area contributed by atoms with Crippen molar-refractivity contribution in [1.29, 1.82) is 0 Å². The van der Waals surface area contributed by atoms with Crippen LogP contribution in [0.1, 0.15) is 16.8 Å². The van der Waals surface area contributed by atoms with Crippen LogP contribution in [0.4, 0.5) is 5.69 Å². The number of allylic oxidation sites excluding steroid dienone is 2. The van der Waals surface area contributed by atoms with Crippen LogP contribution in [-0.4, -0.2) is 36.4 Å². The topological polar surface area (TPSA) is 66.9 Å². The minimum absolute atomic E-state index is 0.118. The van der Waals surface area contributed by atoms with Crippen molar-refractivity contribution in [1.82, 2.24) is 4.90 Å². The van der Waals surface area contributed by atoms with E-state index in [1.54, 1.807) is 43.5 Å². The van der Waals surface area contributed by atoms with Gasteiger partial charge in [-0.3, -0.25) is 24.2 Å². The molecule has 5 aliphatic rings. The van der Waals surface area contributed by atoms with Gasteiger partial charge in [-0.25, -0.2) is 0 Å². The average Bonchev–Trinajstić information content (AvgIpc) is 3.62. The smallest absolute Gasteiger partial charge is 0.259 e. The number of carbonyl (C=O) groups excluding carboxylic acids is 3. The molecule has 2 aromatic rings. The summed E-state index contributed by atoms with van der Waals surface area (Å²) in [4.78, 5) is 43.3. The van der Waals surface area contributed by atoms with E-state index in [-0.39, 0.29) is 48.1 Å². The molecule has 2 bridgehead atoms. The summed E-state index contributed by atoms with van der Waals surface area (Å²) in [6.45, 7) is -0.118. The lowest BCUT2D eigenvalue weighted by Gasteiger charge is -2.37. The van der Waals surface area contributed by atoms with E-state index in [0.717, 1.165) is 6.42 Å². The summed E-state index contributed by atoms with van der Waals surface area (Å²) in [7, 11) is 1.54. The lowest BCUT2D eigenvalue weighted by Crippen LogP contribution is -2.45. The highest BCUT2D eigenvalue weighted by Gasteiger charge is 2.67. The Labute approximate surface area is 186 Å². The molecule has 4 aliphatic carbocycles. The Morgan fingerprint density at radius 2 is 1.53 bits per heavy atom. The Balaban J connectivity index is 1.36. The molecule has 1 heterocycles. The molecule has 32 heavy (non-hydrogen) atoms. The second kappa shape index (κ2) is 7.05. The number of benzene rings is 2. The van der Waals surface area contributed by atoms with Gasteiger partial charge in [-0.15, -0.1) is 0 Å². The van der Waals surface area contributed by atoms with E-state index in [0.29, 0.717) is 28.8 Å². The number of rotatable bonds is 5. The maximum absolute atomic E-state index is 13.5. The van der Waals surface area contributed by atoms with Crippen LogP contribution in [0.25, 0.3) is 0 Å². The number of anilines is 1. The van der Waals surface area contributed by atoms with Gasteiger partial charge in [0.25, 0.3) is 5.91 Å². The van der Waals surface area contributed by atoms with E-state index in [4.69, 9.17) is 4.74 Å². The van der Waals surface area contributed by atoms with Crippen LogP contribution in [0.3, 0.4) is 0 Å². The van der Waals surface area contributed by atoms with Gasteiger partial charge in [0.05, 0.1) is 24.6 Å². The zero-order valence-corrected chi connectivity index (χ0v) is 17.8. The lowest BCUT2D eigenvalue weighted by atomic mass is 9.63. The first-order chi connectivity index (χ1) is 15.6. The van der Waals surface area contributed by atoms with E-state index < -0.39 is 0 Å². The zero-order chi connectivity index (χ0) is 22.0. The Hall–Kier alpha value is -3.41. The number of amides is 3. The summed E-state index contributed by atoms with van der Waals surface area (Å²) in [5.41, 5.74) is 1.01. The first-order valence-corrected chi connectivity index (χ1v) is 11.1. The molecule has 0 N–H and O–H groups in total. The molecule has 0 radical (unpaired) electrons. The van der Waals surface area contributed by atoms with Crippen LogP contribution in [0.2, 0.25) is 0 Å². The number of nitrogens with zero attached hydrogens (tertiary/aromatic N) is 2. The van der Waals surface area contributed by atoms with Crippen molar-refractivity contribution >= 4 is 23.4 Å². The minimum atomic E-state index is -0.285. The normalized spacial score (nSPS) is 31.3. The number of carbonyl (C=O) groups is 3. The molecule has 0 spiro atoms. The Morgan fingerprint density at radius 3 is 2.16 bits per heavy atom. The summed E-state index contributed by atoms with van der Waals surface area (Å²) < 4.78 is 5.50. The maximum Gasteiger partial charge on any atom is 0.259 e. The fraction of sp³-hybridized carbons (Fsp3) is 0.346.